The first kappa shape index (κ1) is 18.8. The summed E-state index contributed by atoms with van der Waals surface area (Å²) in [5, 5.41) is 11.4. The zero-order chi connectivity index (χ0) is 18.2. The van der Waals surface area contributed by atoms with E-state index in [2.05, 4.69) is 31.7 Å². The van der Waals surface area contributed by atoms with Crippen LogP contribution in [0.15, 0.2) is 23.2 Å². The molecular formula is C21H35NO3. The monoisotopic (exact) mass is 349 g/mol. The molecule has 0 bridgehead atoms. The minimum Gasteiger partial charge on any atom is -0.497 e. The Morgan fingerprint density at radius 2 is 2.08 bits per heavy atom. The van der Waals surface area contributed by atoms with Crippen molar-refractivity contribution in [2.24, 2.45) is 17.8 Å². The molecule has 1 N–H and O–H groups in total. The highest BCUT2D eigenvalue weighted by Crippen LogP contribution is 2.47. The maximum absolute atomic E-state index is 11.4. The zero-order valence-electron chi connectivity index (χ0n) is 16.5. The van der Waals surface area contributed by atoms with Gasteiger partial charge in [0.15, 0.2) is 5.76 Å². The Morgan fingerprint density at radius 1 is 1.32 bits per heavy atom. The van der Waals surface area contributed by atoms with E-state index in [1.165, 1.54) is 5.57 Å². The van der Waals surface area contributed by atoms with Crippen molar-refractivity contribution in [2.75, 3.05) is 27.3 Å². The molecular weight excluding hydrogens is 314 g/mol. The topological polar surface area (TPSA) is 41.9 Å². The Balaban J connectivity index is 1.84. The Labute approximate surface area is 152 Å². The second-order valence-corrected chi connectivity index (χ2v) is 8.53. The van der Waals surface area contributed by atoms with Gasteiger partial charge in [0.25, 0.3) is 0 Å². The quantitative estimate of drug-likeness (QED) is 0.821. The second kappa shape index (κ2) is 7.32. The highest BCUT2D eigenvalue weighted by Gasteiger charge is 2.49. The number of ether oxygens (including phenoxy) is 2. The summed E-state index contributed by atoms with van der Waals surface area (Å²) in [6.45, 7) is 8.80. The molecule has 0 aromatic carbocycles. The molecule has 0 saturated carbocycles. The molecule has 142 valence electrons. The number of fused-ring (bicyclic) bond motifs is 3. The van der Waals surface area contributed by atoms with E-state index in [1.807, 2.05) is 0 Å². The smallest absolute Gasteiger partial charge is 0.156 e. The average Bonchev–Trinajstić information content (AvgIpc) is 2.60. The van der Waals surface area contributed by atoms with Crippen LogP contribution in [-0.4, -0.2) is 49.0 Å². The van der Waals surface area contributed by atoms with Crippen molar-refractivity contribution in [3.63, 3.8) is 0 Å². The normalized spacial score (nSPS) is 36.0. The Morgan fingerprint density at radius 3 is 2.68 bits per heavy atom. The molecule has 1 aliphatic carbocycles. The lowest BCUT2D eigenvalue weighted by Gasteiger charge is -2.54. The molecule has 2 aliphatic heterocycles. The minimum absolute atomic E-state index is 0.384. The van der Waals surface area contributed by atoms with Gasteiger partial charge in [-0.05, 0) is 37.7 Å². The number of hydrogen-bond acceptors (Lipinski definition) is 4. The summed E-state index contributed by atoms with van der Waals surface area (Å²) in [5.74, 6) is 3.28. The van der Waals surface area contributed by atoms with E-state index >= 15 is 0 Å². The van der Waals surface area contributed by atoms with Crippen LogP contribution < -0.4 is 0 Å². The van der Waals surface area contributed by atoms with Crippen molar-refractivity contribution >= 4 is 0 Å². The van der Waals surface area contributed by atoms with Gasteiger partial charge >= 0.3 is 0 Å². The molecule has 3 aliphatic rings. The number of allylic oxidation sites excluding steroid dienone is 2. The van der Waals surface area contributed by atoms with Crippen LogP contribution in [0.3, 0.4) is 0 Å². The Hall–Kier alpha value is -1.00. The second-order valence-electron chi connectivity index (χ2n) is 8.53. The van der Waals surface area contributed by atoms with Gasteiger partial charge in [0.1, 0.15) is 5.76 Å². The summed E-state index contributed by atoms with van der Waals surface area (Å²) in [4.78, 5) is 2.64. The van der Waals surface area contributed by atoms with Crippen molar-refractivity contribution in [1.29, 1.82) is 0 Å². The molecule has 0 radical (unpaired) electrons. The number of hydrogen-bond donors (Lipinski definition) is 1. The summed E-state index contributed by atoms with van der Waals surface area (Å²) < 4.78 is 11.1. The molecule has 0 aromatic rings. The molecule has 0 spiro atoms. The Bertz CT molecular complexity index is 553. The SMILES string of the molecule is CCC1(O)CC2C3CC(OC)=C(OC)C=C3CCN2CC1CC(C)C. The molecule has 4 atom stereocenters. The van der Waals surface area contributed by atoms with Gasteiger partial charge < -0.3 is 14.6 Å². The molecule has 3 rings (SSSR count). The van der Waals surface area contributed by atoms with E-state index in [-0.39, 0.29) is 0 Å². The lowest BCUT2D eigenvalue weighted by Crippen LogP contribution is -2.60. The Kier molecular flexibility index (Phi) is 5.50. The third-order valence-corrected chi connectivity index (χ3v) is 6.71. The lowest BCUT2D eigenvalue weighted by molar-refractivity contribution is -0.116. The first-order chi connectivity index (χ1) is 11.9. The van der Waals surface area contributed by atoms with Crippen LogP contribution in [0, 0.1) is 17.8 Å². The zero-order valence-corrected chi connectivity index (χ0v) is 16.5. The van der Waals surface area contributed by atoms with Gasteiger partial charge in [0, 0.05) is 37.4 Å². The van der Waals surface area contributed by atoms with Crippen LogP contribution in [-0.2, 0) is 9.47 Å². The van der Waals surface area contributed by atoms with Crippen molar-refractivity contribution < 1.29 is 14.6 Å². The van der Waals surface area contributed by atoms with Gasteiger partial charge in [-0.25, -0.2) is 0 Å². The van der Waals surface area contributed by atoms with Crippen LogP contribution in [0.25, 0.3) is 0 Å². The number of rotatable bonds is 5. The molecule has 25 heavy (non-hydrogen) atoms. The lowest BCUT2D eigenvalue weighted by atomic mass is 9.66. The standard InChI is InChI=1S/C21H35NO3/c1-6-21(23)12-18-17-11-20(25-5)19(24-4)10-15(17)7-8-22(18)13-16(21)9-14(2)3/h10,14,16-18,23H,6-9,11-13H2,1-5H3. The summed E-state index contributed by atoms with van der Waals surface area (Å²) in [6, 6.07) is 0.414. The molecule has 4 heteroatoms. The van der Waals surface area contributed by atoms with E-state index in [4.69, 9.17) is 9.47 Å². The predicted octanol–water partition coefficient (Wildman–Crippen LogP) is 3.72. The number of methoxy groups -OCH3 is 2. The van der Waals surface area contributed by atoms with E-state index in [0.29, 0.717) is 23.8 Å². The first-order valence-corrected chi connectivity index (χ1v) is 9.89. The van der Waals surface area contributed by atoms with Crippen LogP contribution in [0.5, 0.6) is 0 Å². The third kappa shape index (κ3) is 3.48. The highest BCUT2D eigenvalue weighted by atomic mass is 16.5. The van der Waals surface area contributed by atoms with Gasteiger partial charge in [-0.1, -0.05) is 26.3 Å². The van der Waals surface area contributed by atoms with Crippen LogP contribution in [0.4, 0.5) is 0 Å². The molecule has 0 aromatic heterocycles. The summed E-state index contributed by atoms with van der Waals surface area (Å²) in [5.41, 5.74) is 0.937. The fourth-order valence-electron chi connectivity index (χ4n) is 5.25. The number of nitrogens with zero attached hydrogens (tertiary/aromatic N) is 1. The molecule has 2 heterocycles. The maximum atomic E-state index is 11.4. The fraction of sp³-hybridized carbons (Fsp3) is 0.810. The van der Waals surface area contributed by atoms with Crippen LogP contribution in [0.1, 0.15) is 52.9 Å². The molecule has 2 saturated heterocycles. The van der Waals surface area contributed by atoms with Gasteiger partial charge in [0.05, 0.1) is 19.8 Å². The molecule has 4 nitrogen and oxygen atoms in total. The maximum Gasteiger partial charge on any atom is 0.156 e. The van der Waals surface area contributed by atoms with Crippen molar-refractivity contribution in [3.05, 3.63) is 23.2 Å². The predicted molar refractivity (Wildman–Crippen MR) is 100 cm³/mol. The van der Waals surface area contributed by atoms with E-state index in [0.717, 1.165) is 56.7 Å². The van der Waals surface area contributed by atoms with Crippen LogP contribution >= 0.6 is 0 Å². The van der Waals surface area contributed by atoms with Gasteiger partial charge in [0.2, 0.25) is 0 Å². The van der Waals surface area contributed by atoms with Gasteiger partial charge in [-0.2, -0.15) is 0 Å². The number of piperidine rings is 2. The third-order valence-electron chi connectivity index (χ3n) is 6.71. The summed E-state index contributed by atoms with van der Waals surface area (Å²) >= 11 is 0. The van der Waals surface area contributed by atoms with E-state index < -0.39 is 5.60 Å². The minimum atomic E-state index is -0.535. The van der Waals surface area contributed by atoms with Crippen molar-refractivity contribution in [2.45, 2.75) is 64.5 Å². The summed E-state index contributed by atoms with van der Waals surface area (Å²) in [7, 11) is 3.45. The fourth-order valence-corrected chi connectivity index (χ4v) is 5.25. The van der Waals surface area contributed by atoms with Crippen LogP contribution in [0.2, 0.25) is 0 Å². The average molecular weight is 350 g/mol. The van der Waals surface area contributed by atoms with Gasteiger partial charge in [-0.15, -0.1) is 0 Å². The van der Waals surface area contributed by atoms with E-state index in [1.54, 1.807) is 14.2 Å². The largest absolute Gasteiger partial charge is 0.497 e. The molecule has 2 fully saturated rings. The van der Waals surface area contributed by atoms with Crippen molar-refractivity contribution in [1.82, 2.24) is 4.90 Å². The molecule has 4 unspecified atom stereocenters. The number of aliphatic hydroxyl groups is 1. The van der Waals surface area contributed by atoms with E-state index in [9.17, 15) is 5.11 Å². The summed E-state index contributed by atoms with van der Waals surface area (Å²) in [6.07, 6.45) is 7.01. The van der Waals surface area contributed by atoms with Crippen molar-refractivity contribution in [3.8, 4) is 0 Å². The highest BCUT2D eigenvalue weighted by molar-refractivity contribution is 5.32. The molecule has 0 amide bonds. The first-order valence-electron chi connectivity index (χ1n) is 9.89. The van der Waals surface area contributed by atoms with Gasteiger partial charge in [-0.3, -0.25) is 4.90 Å².